The third kappa shape index (κ3) is 5.92. The fourth-order valence-electron chi connectivity index (χ4n) is 4.63. The van der Waals surface area contributed by atoms with E-state index >= 15 is 0 Å². The molecule has 38 heavy (non-hydrogen) atoms. The van der Waals surface area contributed by atoms with Crippen LogP contribution >= 0.6 is 11.3 Å². The predicted octanol–water partition coefficient (Wildman–Crippen LogP) is 3.43. The highest BCUT2D eigenvalue weighted by molar-refractivity contribution is 7.08. The molecule has 3 N–H and O–H groups in total. The zero-order valence-corrected chi connectivity index (χ0v) is 21.7. The molecule has 2 aromatic heterocycles. The fraction of sp³-hybridized carbons (Fsp3) is 0.357. The first-order valence-electron chi connectivity index (χ1n) is 12.6. The summed E-state index contributed by atoms with van der Waals surface area (Å²) in [7, 11) is 0. The molecule has 10 heteroatoms. The molecule has 1 aromatic carbocycles. The van der Waals surface area contributed by atoms with Crippen LogP contribution in [-0.2, 0) is 9.59 Å². The number of carbonyl (C=O) groups excluding carboxylic acids is 3. The molecule has 0 spiro atoms. The van der Waals surface area contributed by atoms with Crippen LogP contribution < -0.4 is 10.6 Å². The Morgan fingerprint density at radius 1 is 1.24 bits per heavy atom. The van der Waals surface area contributed by atoms with E-state index in [-0.39, 0.29) is 37.2 Å². The summed E-state index contributed by atoms with van der Waals surface area (Å²) in [4.78, 5) is 44.3. The fourth-order valence-corrected chi connectivity index (χ4v) is 5.55. The van der Waals surface area contributed by atoms with Gasteiger partial charge in [-0.05, 0) is 71.8 Å². The number of β-amino-alcohol motifs (C(OH)–C–C–N with tert-alkyl or cyclic N) is 1. The predicted molar refractivity (Wildman–Crippen MR) is 143 cm³/mol. The van der Waals surface area contributed by atoms with Crippen molar-refractivity contribution in [3.8, 4) is 0 Å². The van der Waals surface area contributed by atoms with Crippen molar-refractivity contribution in [3.05, 3.63) is 69.8 Å². The maximum absolute atomic E-state index is 13.4. The standard InChI is InChI=1S/C28H29FN4O4S/c1-16(22-15-38-14-19(22)5-4-17-2-3-17)31-28(37)25-11-21(34)13-33(25)26(35)12-30-27(36)24-8-6-18-10-20(29)7-9-23(18)32-24/h4-10,14-17,21,25,34H,2-3,11-13H2,1H3,(H,30,36)(H,31,37)/b5-4+/t16-,21+,25-/m0/s1. The van der Waals surface area contributed by atoms with Crippen molar-refractivity contribution in [1.29, 1.82) is 0 Å². The number of halogens is 1. The number of hydrogen-bond donors (Lipinski definition) is 3. The number of pyridine rings is 1. The van der Waals surface area contributed by atoms with Gasteiger partial charge in [-0.3, -0.25) is 14.4 Å². The maximum atomic E-state index is 13.4. The molecule has 0 radical (unpaired) electrons. The molecule has 3 amide bonds. The van der Waals surface area contributed by atoms with Crippen LogP contribution in [0.15, 0.2) is 47.2 Å². The van der Waals surface area contributed by atoms with Crippen molar-refractivity contribution in [1.82, 2.24) is 20.5 Å². The highest BCUT2D eigenvalue weighted by atomic mass is 32.1. The van der Waals surface area contributed by atoms with Crippen molar-refractivity contribution < 1.29 is 23.9 Å². The topological polar surface area (TPSA) is 112 Å². The van der Waals surface area contributed by atoms with E-state index in [4.69, 9.17) is 0 Å². The summed E-state index contributed by atoms with van der Waals surface area (Å²) in [5.74, 6) is -1.14. The molecule has 5 rings (SSSR count). The highest BCUT2D eigenvalue weighted by Gasteiger charge is 2.39. The van der Waals surface area contributed by atoms with Crippen LogP contribution in [0, 0.1) is 11.7 Å². The van der Waals surface area contributed by atoms with Crippen molar-refractivity contribution in [3.63, 3.8) is 0 Å². The van der Waals surface area contributed by atoms with Crippen molar-refractivity contribution in [2.45, 2.75) is 44.4 Å². The number of allylic oxidation sites excluding steroid dienone is 1. The number of amides is 3. The number of nitrogens with one attached hydrogen (secondary N) is 2. The summed E-state index contributed by atoms with van der Waals surface area (Å²) >= 11 is 1.57. The lowest BCUT2D eigenvalue weighted by Crippen LogP contribution is -2.49. The summed E-state index contributed by atoms with van der Waals surface area (Å²) in [5, 5.41) is 20.4. The molecule has 1 saturated heterocycles. The minimum absolute atomic E-state index is 0.00872. The largest absolute Gasteiger partial charge is 0.391 e. The smallest absolute Gasteiger partial charge is 0.270 e. The Morgan fingerprint density at radius 2 is 2.05 bits per heavy atom. The summed E-state index contributed by atoms with van der Waals surface area (Å²) in [6.45, 7) is 1.56. The molecular weight excluding hydrogens is 507 g/mol. The van der Waals surface area contributed by atoms with Gasteiger partial charge in [-0.2, -0.15) is 11.3 Å². The monoisotopic (exact) mass is 536 g/mol. The molecule has 3 heterocycles. The third-order valence-corrected chi connectivity index (χ3v) is 7.68. The third-order valence-electron chi connectivity index (χ3n) is 6.90. The van der Waals surface area contributed by atoms with Crippen molar-refractivity contribution in [2.24, 2.45) is 5.92 Å². The van der Waals surface area contributed by atoms with E-state index in [9.17, 15) is 23.9 Å². The lowest BCUT2D eigenvalue weighted by atomic mass is 10.1. The molecule has 3 atom stereocenters. The molecule has 3 aromatic rings. The first-order chi connectivity index (χ1) is 18.3. The van der Waals surface area contributed by atoms with E-state index in [1.54, 1.807) is 17.4 Å². The normalized spacial score (nSPS) is 20.1. The van der Waals surface area contributed by atoms with Crippen molar-refractivity contribution in [2.75, 3.05) is 13.1 Å². The highest BCUT2D eigenvalue weighted by Crippen LogP contribution is 2.32. The Hall–Kier alpha value is -3.63. The molecule has 8 nitrogen and oxygen atoms in total. The Labute approximate surface area is 223 Å². The van der Waals surface area contributed by atoms with Crippen LogP contribution in [0.1, 0.15) is 53.8 Å². The van der Waals surface area contributed by atoms with Gasteiger partial charge in [-0.15, -0.1) is 0 Å². The summed E-state index contributed by atoms with van der Waals surface area (Å²) < 4.78 is 13.4. The second-order valence-corrected chi connectivity index (χ2v) is 10.6. The number of likely N-dealkylation sites (tertiary alicyclic amines) is 1. The first kappa shape index (κ1) is 26.0. The van der Waals surface area contributed by atoms with Crippen LogP contribution in [0.25, 0.3) is 17.0 Å². The zero-order chi connectivity index (χ0) is 26.8. The minimum Gasteiger partial charge on any atom is -0.391 e. The summed E-state index contributed by atoms with van der Waals surface area (Å²) in [6.07, 6.45) is 6.04. The summed E-state index contributed by atoms with van der Waals surface area (Å²) in [5.41, 5.74) is 2.62. The molecule has 1 aliphatic carbocycles. The lowest BCUT2D eigenvalue weighted by Gasteiger charge is -2.25. The lowest BCUT2D eigenvalue weighted by molar-refractivity contribution is -0.138. The van der Waals surface area contributed by atoms with Crippen LogP contribution in [0.5, 0.6) is 0 Å². The maximum Gasteiger partial charge on any atom is 0.270 e. The van der Waals surface area contributed by atoms with Gasteiger partial charge in [-0.1, -0.05) is 18.2 Å². The van der Waals surface area contributed by atoms with Crippen LogP contribution in [0.2, 0.25) is 0 Å². The average molecular weight is 537 g/mol. The molecule has 2 aliphatic rings. The van der Waals surface area contributed by atoms with Gasteiger partial charge in [0.15, 0.2) is 0 Å². The molecule has 1 saturated carbocycles. The number of aliphatic hydroxyl groups excluding tert-OH is 1. The van der Waals surface area contributed by atoms with E-state index in [1.165, 1.54) is 42.0 Å². The van der Waals surface area contributed by atoms with Gasteiger partial charge in [0, 0.05) is 18.4 Å². The minimum atomic E-state index is -0.838. The quantitative estimate of drug-likeness (QED) is 0.409. The van der Waals surface area contributed by atoms with E-state index in [0.717, 1.165) is 11.1 Å². The molecule has 198 valence electrons. The van der Waals surface area contributed by atoms with E-state index in [1.807, 2.05) is 12.3 Å². The van der Waals surface area contributed by atoms with Crippen LogP contribution in [0.3, 0.4) is 0 Å². The molecule has 0 bridgehead atoms. The Kier molecular flexibility index (Phi) is 7.53. The van der Waals surface area contributed by atoms with Gasteiger partial charge in [0.2, 0.25) is 11.8 Å². The number of nitrogens with zero attached hydrogens (tertiary/aromatic N) is 2. The van der Waals surface area contributed by atoms with E-state index in [2.05, 4.69) is 33.1 Å². The number of aromatic nitrogens is 1. The number of fused-ring (bicyclic) bond motifs is 1. The number of thiophene rings is 1. The number of rotatable bonds is 8. The zero-order valence-electron chi connectivity index (χ0n) is 20.9. The second-order valence-electron chi connectivity index (χ2n) is 9.88. The average Bonchev–Trinajstić information content (AvgIpc) is 3.46. The number of aliphatic hydroxyl groups is 1. The van der Waals surface area contributed by atoms with Gasteiger partial charge >= 0.3 is 0 Å². The van der Waals surface area contributed by atoms with Gasteiger partial charge < -0.3 is 20.6 Å². The molecule has 1 aliphatic heterocycles. The Balaban J connectivity index is 1.19. The van der Waals surface area contributed by atoms with E-state index in [0.29, 0.717) is 16.8 Å². The Bertz CT molecular complexity index is 1400. The van der Waals surface area contributed by atoms with Gasteiger partial charge in [0.1, 0.15) is 17.6 Å². The van der Waals surface area contributed by atoms with Gasteiger partial charge in [0.25, 0.3) is 5.91 Å². The first-order valence-corrected chi connectivity index (χ1v) is 13.6. The van der Waals surface area contributed by atoms with E-state index < -0.39 is 29.8 Å². The molecule has 2 fully saturated rings. The van der Waals surface area contributed by atoms with Gasteiger partial charge in [-0.25, -0.2) is 9.37 Å². The van der Waals surface area contributed by atoms with Crippen LogP contribution in [0.4, 0.5) is 4.39 Å². The number of hydrogen-bond acceptors (Lipinski definition) is 6. The second kappa shape index (κ2) is 11.0. The molecular formula is C28H29FN4O4S. The van der Waals surface area contributed by atoms with Gasteiger partial charge in [0.05, 0.1) is 24.2 Å². The summed E-state index contributed by atoms with van der Waals surface area (Å²) in [6, 6.07) is 5.99. The van der Waals surface area contributed by atoms with Crippen LogP contribution in [-0.4, -0.2) is 57.9 Å². The SMILES string of the molecule is C[C@H](NC(=O)[C@@H]1C[C@@H](O)CN1C(=O)CNC(=O)c1ccc2cc(F)ccc2n1)c1cscc1/C=C/C1CC1. The number of carbonyl (C=O) groups is 3. The number of benzene rings is 1. The Morgan fingerprint density at radius 3 is 2.84 bits per heavy atom. The van der Waals surface area contributed by atoms with Crippen molar-refractivity contribution >= 4 is 46.0 Å². The molecule has 0 unspecified atom stereocenters.